The highest BCUT2D eigenvalue weighted by Crippen LogP contribution is 2.18. The number of Topliss-reactive ketones (excluding diaryl/α,β-unsaturated/α-hetero) is 1. The first-order valence-corrected chi connectivity index (χ1v) is 4.61. The molecule has 0 spiro atoms. The Labute approximate surface area is 87.7 Å². The maximum atomic E-state index is 11.4. The van der Waals surface area contributed by atoms with E-state index in [1.165, 1.54) is 13.1 Å². The number of hydrogen-bond acceptors (Lipinski definition) is 4. The van der Waals surface area contributed by atoms with E-state index in [2.05, 4.69) is 10.3 Å². The first kappa shape index (κ1) is 11.2. The number of ketones is 1. The van der Waals surface area contributed by atoms with Gasteiger partial charge in [0.25, 0.3) is 5.91 Å². The molecule has 3 N–H and O–H groups in total. The van der Waals surface area contributed by atoms with Crippen molar-refractivity contribution in [1.29, 1.82) is 0 Å². The van der Waals surface area contributed by atoms with Gasteiger partial charge in [-0.15, -0.1) is 0 Å². The van der Waals surface area contributed by atoms with Gasteiger partial charge in [-0.3, -0.25) is 14.6 Å². The molecule has 1 aromatic rings. The number of aromatic nitrogens is 1. The second-order valence-corrected chi connectivity index (χ2v) is 3.03. The van der Waals surface area contributed by atoms with E-state index in [0.29, 0.717) is 12.2 Å². The lowest BCUT2D eigenvalue weighted by Gasteiger charge is -2.10. The SMILES string of the molecule is CCNc1ccnc(C(N)=O)c1C(C)=O. The van der Waals surface area contributed by atoms with Gasteiger partial charge in [0.15, 0.2) is 5.78 Å². The van der Waals surface area contributed by atoms with Crippen molar-refractivity contribution in [3.63, 3.8) is 0 Å². The highest BCUT2D eigenvalue weighted by Gasteiger charge is 2.17. The topological polar surface area (TPSA) is 85.1 Å². The van der Waals surface area contributed by atoms with Crippen molar-refractivity contribution in [1.82, 2.24) is 4.98 Å². The van der Waals surface area contributed by atoms with Crippen molar-refractivity contribution in [2.24, 2.45) is 5.73 Å². The quantitative estimate of drug-likeness (QED) is 0.715. The monoisotopic (exact) mass is 207 g/mol. The van der Waals surface area contributed by atoms with E-state index in [1.807, 2.05) is 6.92 Å². The van der Waals surface area contributed by atoms with Crippen molar-refractivity contribution in [3.8, 4) is 0 Å². The zero-order chi connectivity index (χ0) is 11.4. The second-order valence-electron chi connectivity index (χ2n) is 3.03. The fourth-order valence-electron chi connectivity index (χ4n) is 1.34. The Morgan fingerprint density at radius 1 is 1.53 bits per heavy atom. The van der Waals surface area contributed by atoms with Crippen LogP contribution in [-0.2, 0) is 0 Å². The Bertz CT molecular complexity index is 402. The lowest BCUT2D eigenvalue weighted by molar-refractivity contribution is 0.0969. The summed E-state index contributed by atoms with van der Waals surface area (Å²) < 4.78 is 0. The van der Waals surface area contributed by atoms with Crippen LogP contribution < -0.4 is 11.1 Å². The van der Waals surface area contributed by atoms with Crippen LogP contribution in [-0.4, -0.2) is 23.2 Å². The number of pyridine rings is 1. The zero-order valence-electron chi connectivity index (χ0n) is 8.70. The summed E-state index contributed by atoms with van der Waals surface area (Å²) in [4.78, 5) is 26.2. The average molecular weight is 207 g/mol. The number of hydrogen-bond donors (Lipinski definition) is 2. The molecular weight excluding hydrogens is 194 g/mol. The van der Waals surface area contributed by atoms with Gasteiger partial charge in [0.1, 0.15) is 5.69 Å². The molecule has 15 heavy (non-hydrogen) atoms. The van der Waals surface area contributed by atoms with Crippen LogP contribution in [0.25, 0.3) is 0 Å². The fourth-order valence-corrected chi connectivity index (χ4v) is 1.34. The number of nitrogens with zero attached hydrogens (tertiary/aromatic N) is 1. The number of nitrogens with two attached hydrogens (primary N) is 1. The molecule has 1 rings (SSSR count). The van der Waals surface area contributed by atoms with Gasteiger partial charge >= 0.3 is 0 Å². The number of anilines is 1. The summed E-state index contributed by atoms with van der Waals surface area (Å²) in [7, 11) is 0. The van der Waals surface area contributed by atoms with Crippen LogP contribution in [0, 0.1) is 0 Å². The number of carbonyl (C=O) groups excluding carboxylic acids is 2. The molecule has 0 radical (unpaired) electrons. The number of primary amides is 1. The van der Waals surface area contributed by atoms with Crippen molar-refractivity contribution < 1.29 is 9.59 Å². The number of amides is 1. The summed E-state index contributed by atoms with van der Waals surface area (Å²) in [5.41, 5.74) is 6.00. The lowest BCUT2D eigenvalue weighted by Crippen LogP contribution is -2.19. The molecule has 0 fully saturated rings. The first-order valence-electron chi connectivity index (χ1n) is 4.61. The molecule has 1 aromatic heterocycles. The molecule has 0 saturated heterocycles. The van der Waals surface area contributed by atoms with Gasteiger partial charge in [0.05, 0.1) is 5.56 Å². The third-order valence-corrected chi connectivity index (χ3v) is 1.90. The van der Waals surface area contributed by atoms with E-state index >= 15 is 0 Å². The normalized spacial score (nSPS) is 9.73. The third-order valence-electron chi connectivity index (χ3n) is 1.90. The molecule has 0 bridgehead atoms. The lowest BCUT2D eigenvalue weighted by atomic mass is 10.1. The molecule has 0 aliphatic rings. The van der Waals surface area contributed by atoms with E-state index < -0.39 is 5.91 Å². The second kappa shape index (κ2) is 4.54. The summed E-state index contributed by atoms with van der Waals surface area (Å²) in [5, 5.41) is 2.98. The van der Waals surface area contributed by atoms with Gasteiger partial charge < -0.3 is 11.1 Å². The Kier molecular flexibility index (Phi) is 3.38. The van der Waals surface area contributed by atoms with Crippen LogP contribution in [0.2, 0.25) is 0 Å². The van der Waals surface area contributed by atoms with Gasteiger partial charge in [-0.2, -0.15) is 0 Å². The molecule has 5 nitrogen and oxygen atoms in total. The third kappa shape index (κ3) is 2.31. The van der Waals surface area contributed by atoms with Crippen LogP contribution in [0.4, 0.5) is 5.69 Å². The molecule has 0 saturated carbocycles. The molecule has 0 aromatic carbocycles. The number of rotatable bonds is 4. The minimum absolute atomic E-state index is 0.0148. The largest absolute Gasteiger partial charge is 0.385 e. The predicted molar refractivity (Wildman–Crippen MR) is 56.9 cm³/mol. The Hall–Kier alpha value is -1.91. The van der Waals surface area contributed by atoms with Gasteiger partial charge in [-0.05, 0) is 19.9 Å². The van der Waals surface area contributed by atoms with Crippen LogP contribution >= 0.6 is 0 Å². The number of nitrogens with one attached hydrogen (secondary N) is 1. The van der Waals surface area contributed by atoms with Crippen molar-refractivity contribution in [2.75, 3.05) is 11.9 Å². The molecule has 5 heteroatoms. The molecule has 1 heterocycles. The summed E-state index contributed by atoms with van der Waals surface area (Å²) >= 11 is 0. The molecule has 0 unspecified atom stereocenters. The van der Waals surface area contributed by atoms with E-state index in [9.17, 15) is 9.59 Å². The summed E-state index contributed by atoms with van der Waals surface area (Å²) in [5.74, 6) is -0.923. The molecule has 0 aliphatic carbocycles. The maximum absolute atomic E-state index is 11.4. The highest BCUT2D eigenvalue weighted by atomic mass is 16.1. The Morgan fingerprint density at radius 3 is 2.67 bits per heavy atom. The standard InChI is InChI=1S/C10H13N3O2/c1-3-12-7-4-5-13-9(10(11)15)8(7)6(2)14/h4-5H,3H2,1-2H3,(H2,11,15)(H,12,13). The average Bonchev–Trinajstić information content (AvgIpc) is 2.17. The molecule has 0 atom stereocenters. The van der Waals surface area contributed by atoms with E-state index in [4.69, 9.17) is 5.73 Å². The van der Waals surface area contributed by atoms with Crippen LogP contribution in [0.5, 0.6) is 0 Å². The van der Waals surface area contributed by atoms with E-state index in [-0.39, 0.29) is 17.0 Å². The molecule has 80 valence electrons. The zero-order valence-corrected chi connectivity index (χ0v) is 8.70. The molecule has 0 aliphatic heterocycles. The minimum atomic E-state index is -0.694. The van der Waals surface area contributed by atoms with Crippen LogP contribution in [0.15, 0.2) is 12.3 Å². The maximum Gasteiger partial charge on any atom is 0.268 e. The first-order chi connectivity index (χ1) is 7.07. The van der Waals surface area contributed by atoms with Crippen molar-refractivity contribution in [2.45, 2.75) is 13.8 Å². The fraction of sp³-hybridized carbons (Fsp3) is 0.300. The highest BCUT2D eigenvalue weighted by molar-refractivity contribution is 6.09. The smallest absolute Gasteiger partial charge is 0.268 e. The predicted octanol–water partition coefficient (Wildman–Crippen LogP) is 0.815. The van der Waals surface area contributed by atoms with Gasteiger partial charge in [0, 0.05) is 18.4 Å². The van der Waals surface area contributed by atoms with Crippen LogP contribution in [0.1, 0.15) is 34.7 Å². The Morgan fingerprint density at radius 2 is 2.20 bits per heavy atom. The summed E-state index contributed by atoms with van der Waals surface area (Å²) in [6, 6.07) is 1.65. The van der Waals surface area contributed by atoms with Gasteiger partial charge in [-0.1, -0.05) is 0 Å². The Balaban J connectivity index is 3.34. The molecule has 1 amide bonds. The van der Waals surface area contributed by atoms with Crippen molar-refractivity contribution >= 4 is 17.4 Å². The minimum Gasteiger partial charge on any atom is -0.385 e. The number of carbonyl (C=O) groups is 2. The summed E-state index contributed by atoms with van der Waals surface area (Å²) in [6.07, 6.45) is 1.45. The van der Waals surface area contributed by atoms with E-state index in [0.717, 1.165) is 0 Å². The van der Waals surface area contributed by atoms with Crippen LogP contribution in [0.3, 0.4) is 0 Å². The summed E-state index contributed by atoms with van der Waals surface area (Å²) in [6.45, 7) is 3.93. The van der Waals surface area contributed by atoms with E-state index in [1.54, 1.807) is 6.07 Å². The molecular formula is C10H13N3O2. The van der Waals surface area contributed by atoms with Gasteiger partial charge in [-0.25, -0.2) is 0 Å². The van der Waals surface area contributed by atoms with Crippen molar-refractivity contribution in [3.05, 3.63) is 23.5 Å². The van der Waals surface area contributed by atoms with Gasteiger partial charge in [0.2, 0.25) is 0 Å².